The topological polar surface area (TPSA) is 72.8 Å². The van der Waals surface area contributed by atoms with E-state index in [1.54, 1.807) is 43.8 Å². The van der Waals surface area contributed by atoms with Gasteiger partial charge in [0, 0.05) is 10.4 Å². The lowest BCUT2D eigenvalue weighted by atomic mass is 10.0. The number of thiophene rings is 1. The summed E-state index contributed by atoms with van der Waals surface area (Å²) < 4.78 is 11.0. The van der Waals surface area contributed by atoms with Crippen LogP contribution in [0.2, 0.25) is 0 Å². The largest absolute Gasteiger partial charge is 0.496 e. The van der Waals surface area contributed by atoms with Gasteiger partial charge in [0.05, 0.1) is 25.3 Å². The zero-order chi connectivity index (χ0) is 20.1. The van der Waals surface area contributed by atoms with Crippen molar-refractivity contribution in [3.63, 3.8) is 0 Å². The summed E-state index contributed by atoms with van der Waals surface area (Å²) in [6.07, 6.45) is 2.91. The van der Waals surface area contributed by atoms with Crippen molar-refractivity contribution in [2.24, 2.45) is 0 Å². The second-order valence-electron chi connectivity index (χ2n) is 5.82. The molecule has 0 spiro atoms. The van der Waals surface area contributed by atoms with E-state index in [9.17, 15) is 14.7 Å². The number of benzene rings is 2. The third kappa shape index (κ3) is 3.97. The van der Waals surface area contributed by atoms with Gasteiger partial charge >= 0.3 is 5.97 Å². The maximum atomic E-state index is 12.6. The Morgan fingerprint density at radius 2 is 1.61 bits per heavy atom. The van der Waals surface area contributed by atoms with Gasteiger partial charge in [0.25, 0.3) is 0 Å². The van der Waals surface area contributed by atoms with E-state index in [0.717, 1.165) is 10.4 Å². The molecule has 0 radical (unpaired) electrons. The first-order valence-corrected chi connectivity index (χ1v) is 9.27. The number of hydrogen-bond donors (Lipinski definition) is 1. The summed E-state index contributed by atoms with van der Waals surface area (Å²) in [5.41, 5.74) is 1.64. The van der Waals surface area contributed by atoms with Crippen LogP contribution in [0.25, 0.3) is 16.5 Å². The zero-order valence-corrected chi connectivity index (χ0v) is 16.2. The van der Waals surface area contributed by atoms with Gasteiger partial charge in [-0.05, 0) is 47.4 Å². The summed E-state index contributed by atoms with van der Waals surface area (Å²) in [6.45, 7) is 0. The number of rotatable bonds is 7. The molecule has 1 N–H and O–H groups in total. The summed E-state index contributed by atoms with van der Waals surface area (Å²) >= 11 is 1.60. The van der Waals surface area contributed by atoms with Crippen molar-refractivity contribution in [2.75, 3.05) is 14.2 Å². The number of ketones is 1. The molecule has 3 rings (SSSR count). The van der Waals surface area contributed by atoms with Gasteiger partial charge in [-0.2, -0.15) is 0 Å². The molecule has 0 saturated heterocycles. The van der Waals surface area contributed by atoms with Crippen molar-refractivity contribution in [2.45, 2.75) is 0 Å². The molecule has 1 aromatic heterocycles. The van der Waals surface area contributed by atoms with E-state index in [1.165, 1.54) is 18.2 Å². The number of allylic oxidation sites excluding steroid dienone is 1. The number of aromatic carboxylic acids is 1. The average molecular weight is 394 g/mol. The smallest absolute Gasteiger partial charge is 0.336 e. The highest BCUT2D eigenvalue weighted by Crippen LogP contribution is 2.37. The lowest BCUT2D eigenvalue weighted by Crippen LogP contribution is -2.06. The van der Waals surface area contributed by atoms with Crippen molar-refractivity contribution in [1.82, 2.24) is 0 Å². The first kappa shape index (κ1) is 19.4. The summed E-state index contributed by atoms with van der Waals surface area (Å²) in [7, 11) is 3.09. The maximum Gasteiger partial charge on any atom is 0.336 e. The molecule has 1 heterocycles. The minimum atomic E-state index is -1.15. The average Bonchev–Trinajstić information content (AvgIpc) is 3.26. The Kier molecular flexibility index (Phi) is 5.91. The Morgan fingerprint density at radius 1 is 0.964 bits per heavy atom. The van der Waals surface area contributed by atoms with E-state index >= 15 is 0 Å². The van der Waals surface area contributed by atoms with E-state index in [1.807, 2.05) is 29.6 Å². The van der Waals surface area contributed by atoms with Crippen LogP contribution in [0.15, 0.2) is 60.0 Å². The molecule has 0 atom stereocenters. The van der Waals surface area contributed by atoms with Crippen molar-refractivity contribution in [3.8, 4) is 21.9 Å². The molecule has 0 fully saturated rings. The van der Waals surface area contributed by atoms with Gasteiger partial charge in [-0.25, -0.2) is 4.79 Å². The molecule has 142 valence electrons. The molecule has 0 aliphatic carbocycles. The highest BCUT2D eigenvalue weighted by atomic mass is 32.1. The fraction of sp³-hybridized carbons (Fsp3) is 0.0909. The maximum absolute atomic E-state index is 12.6. The second kappa shape index (κ2) is 8.54. The van der Waals surface area contributed by atoms with Crippen molar-refractivity contribution >= 4 is 29.2 Å². The monoisotopic (exact) mass is 394 g/mol. The fourth-order valence-corrected chi connectivity index (χ4v) is 3.54. The number of ether oxygens (including phenoxy) is 2. The minimum absolute atomic E-state index is 0.0378. The Labute approximate surface area is 166 Å². The molecule has 2 aromatic carbocycles. The Morgan fingerprint density at radius 3 is 2.14 bits per heavy atom. The number of carbonyl (C=O) groups excluding carboxylic acids is 1. The molecule has 3 aromatic rings. The molecule has 0 aliphatic heterocycles. The van der Waals surface area contributed by atoms with Crippen LogP contribution in [0.4, 0.5) is 0 Å². The van der Waals surface area contributed by atoms with Gasteiger partial charge < -0.3 is 14.6 Å². The van der Waals surface area contributed by atoms with Crippen molar-refractivity contribution in [1.29, 1.82) is 0 Å². The van der Waals surface area contributed by atoms with Crippen LogP contribution in [-0.4, -0.2) is 31.1 Å². The van der Waals surface area contributed by atoms with Crippen LogP contribution in [0, 0.1) is 0 Å². The molecule has 0 amide bonds. The van der Waals surface area contributed by atoms with Crippen LogP contribution >= 0.6 is 11.3 Å². The Bertz CT molecular complexity index is 1010. The Balaban J connectivity index is 2.00. The zero-order valence-electron chi connectivity index (χ0n) is 15.3. The summed E-state index contributed by atoms with van der Waals surface area (Å²) in [5.74, 6) is -0.450. The molecule has 0 saturated carbocycles. The van der Waals surface area contributed by atoms with E-state index in [-0.39, 0.29) is 11.1 Å². The van der Waals surface area contributed by atoms with Crippen LogP contribution in [-0.2, 0) is 0 Å². The van der Waals surface area contributed by atoms with Crippen molar-refractivity contribution < 1.29 is 24.2 Å². The molecule has 0 aliphatic rings. The predicted octanol–water partition coefficient (Wildman–Crippen LogP) is 5.03. The number of carboxylic acids is 1. The lowest BCUT2D eigenvalue weighted by molar-refractivity contribution is 0.0693. The number of methoxy groups -OCH3 is 2. The standard InChI is InChI=1S/C22H18O5S/c1-26-19-12-14(21-8-5-11-28-21)13-20(27-2)17(19)9-10-18(23)15-6-3-4-7-16(15)22(24)25/h3-13H,1-2H3,(H,24,25)/b10-9+. The van der Waals surface area contributed by atoms with E-state index in [0.29, 0.717) is 17.1 Å². The Hall–Kier alpha value is -3.38. The molecular weight excluding hydrogens is 376 g/mol. The number of carbonyl (C=O) groups is 2. The first-order valence-electron chi connectivity index (χ1n) is 8.39. The SMILES string of the molecule is COc1cc(-c2cccs2)cc(OC)c1/C=C/C(=O)c1ccccc1C(=O)O. The quantitative estimate of drug-likeness (QED) is 0.450. The van der Waals surface area contributed by atoms with E-state index < -0.39 is 11.8 Å². The van der Waals surface area contributed by atoms with Gasteiger partial charge in [-0.3, -0.25) is 4.79 Å². The summed E-state index contributed by atoms with van der Waals surface area (Å²) in [5, 5.41) is 11.3. The van der Waals surface area contributed by atoms with Gasteiger partial charge in [0.1, 0.15) is 11.5 Å². The van der Waals surface area contributed by atoms with Gasteiger partial charge in [0.15, 0.2) is 5.78 Å². The number of carboxylic acid groups (broad SMARTS) is 1. The predicted molar refractivity (Wildman–Crippen MR) is 110 cm³/mol. The van der Waals surface area contributed by atoms with Gasteiger partial charge in [-0.15, -0.1) is 11.3 Å². The molecule has 0 bridgehead atoms. The van der Waals surface area contributed by atoms with Crippen LogP contribution in [0.5, 0.6) is 11.5 Å². The minimum Gasteiger partial charge on any atom is -0.496 e. The fourth-order valence-electron chi connectivity index (χ4n) is 2.82. The molecule has 5 nitrogen and oxygen atoms in total. The third-order valence-corrected chi connectivity index (χ3v) is 5.09. The first-order chi connectivity index (χ1) is 13.5. The lowest BCUT2D eigenvalue weighted by Gasteiger charge is -2.12. The highest BCUT2D eigenvalue weighted by Gasteiger charge is 2.15. The second-order valence-corrected chi connectivity index (χ2v) is 6.77. The highest BCUT2D eigenvalue weighted by molar-refractivity contribution is 7.13. The van der Waals surface area contributed by atoms with E-state index in [4.69, 9.17) is 9.47 Å². The molecular formula is C22H18O5S. The molecule has 6 heteroatoms. The van der Waals surface area contributed by atoms with Gasteiger partial charge in [-0.1, -0.05) is 24.3 Å². The van der Waals surface area contributed by atoms with Crippen LogP contribution < -0.4 is 9.47 Å². The molecule has 0 unspecified atom stereocenters. The molecule has 28 heavy (non-hydrogen) atoms. The normalized spacial score (nSPS) is 10.8. The van der Waals surface area contributed by atoms with Crippen LogP contribution in [0.1, 0.15) is 26.3 Å². The summed E-state index contributed by atoms with van der Waals surface area (Å²) in [6, 6.07) is 13.8. The van der Waals surface area contributed by atoms with E-state index in [2.05, 4.69) is 0 Å². The summed E-state index contributed by atoms with van der Waals surface area (Å²) in [4.78, 5) is 25.0. The third-order valence-electron chi connectivity index (χ3n) is 4.17. The van der Waals surface area contributed by atoms with Gasteiger partial charge in [0.2, 0.25) is 0 Å². The number of hydrogen-bond acceptors (Lipinski definition) is 5. The van der Waals surface area contributed by atoms with Crippen molar-refractivity contribution in [3.05, 3.63) is 76.7 Å². The van der Waals surface area contributed by atoms with Crippen LogP contribution in [0.3, 0.4) is 0 Å².